The highest BCUT2D eigenvalue weighted by Crippen LogP contribution is 2.25. The van der Waals surface area contributed by atoms with Crippen LogP contribution < -0.4 is 9.47 Å². The first-order valence-corrected chi connectivity index (χ1v) is 18.8. The summed E-state index contributed by atoms with van der Waals surface area (Å²) < 4.78 is 12.7. The average molecular weight is 717 g/mol. The van der Waals surface area contributed by atoms with Gasteiger partial charge in [-0.05, 0) is 70.5 Å². The van der Waals surface area contributed by atoms with Crippen molar-refractivity contribution >= 4 is 11.8 Å². The largest absolute Gasteiger partial charge is 0.481 e. The second-order valence-electron chi connectivity index (χ2n) is 13.3. The molecule has 0 aliphatic carbocycles. The molecule has 6 heteroatoms. The van der Waals surface area contributed by atoms with Gasteiger partial charge in [0.05, 0.1) is 0 Å². The molecular weight excluding hydrogens is 669 g/mol. The number of hydrogen-bond donors (Lipinski definition) is 0. The number of ether oxygens (including phenoxy) is 2. The molecule has 2 amide bonds. The lowest BCUT2D eigenvalue weighted by molar-refractivity contribution is -0.143. The predicted octanol–water partition coefficient (Wildman–Crippen LogP) is 10.1. The Balaban J connectivity index is 1.19. The number of nitrogens with zero attached hydrogens (tertiary/aromatic N) is 2. The molecule has 6 aromatic rings. The molecule has 0 saturated heterocycles. The maximum Gasteiger partial charge on any atom is 0.263 e. The van der Waals surface area contributed by atoms with E-state index in [1.165, 1.54) is 0 Å². The SMILES string of the molecule is CCC(Oc1ccc(-c2ccccc2)cc1)C(=O)N(CCN(Cc1ccccc1)C(=O)C(CC)Oc1ccc(-c2ccccc2)cc1)Cc1ccccc1. The third-order valence-corrected chi connectivity index (χ3v) is 9.47. The molecule has 0 radical (unpaired) electrons. The van der Waals surface area contributed by atoms with Crippen molar-refractivity contribution in [3.8, 4) is 33.8 Å². The molecule has 274 valence electrons. The van der Waals surface area contributed by atoms with Crippen molar-refractivity contribution in [3.63, 3.8) is 0 Å². The molecule has 0 aromatic heterocycles. The van der Waals surface area contributed by atoms with Crippen LogP contribution in [-0.2, 0) is 22.7 Å². The zero-order valence-corrected chi connectivity index (χ0v) is 31.1. The lowest BCUT2D eigenvalue weighted by Crippen LogP contribution is -2.48. The molecule has 0 bridgehead atoms. The lowest BCUT2D eigenvalue weighted by atomic mass is 10.1. The molecule has 2 unspecified atom stereocenters. The van der Waals surface area contributed by atoms with E-state index in [0.29, 0.717) is 50.5 Å². The van der Waals surface area contributed by atoms with Crippen molar-refractivity contribution in [2.45, 2.75) is 52.0 Å². The van der Waals surface area contributed by atoms with Crippen molar-refractivity contribution in [3.05, 3.63) is 181 Å². The normalized spacial score (nSPS) is 12.0. The molecule has 0 saturated carbocycles. The fourth-order valence-corrected chi connectivity index (χ4v) is 6.45. The van der Waals surface area contributed by atoms with E-state index in [4.69, 9.17) is 9.47 Å². The van der Waals surface area contributed by atoms with E-state index < -0.39 is 12.2 Å². The summed E-state index contributed by atoms with van der Waals surface area (Å²) in [5.74, 6) is 1.02. The molecule has 0 N–H and O–H groups in total. The van der Waals surface area contributed by atoms with Gasteiger partial charge in [-0.25, -0.2) is 0 Å². The number of benzene rings is 6. The van der Waals surface area contributed by atoms with Crippen LogP contribution in [0.5, 0.6) is 11.5 Å². The van der Waals surface area contributed by atoms with Gasteiger partial charge < -0.3 is 19.3 Å². The Hall–Kier alpha value is -6.14. The molecule has 54 heavy (non-hydrogen) atoms. The highest BCUT2D eigenvalue weighted by molar-refractivity contribution is 5.82. The summed E-state index contributed by atoms with van der Waals surface area (Å²) >= 11 is 0. The van der Waals surface area contributed by atoms with E-state index in [1.807, 2.05) is 169 Å². The second-order valence-corrected chi connectivity index (χ2v) is 13.3. The van der Waals surface area contributed by atoms with E-state index in [-0.39, 0.29) is 11.8 Å². The Labute approximate surface area is 319 Å². The first kappa shape index (κ1) is 37.6. The molecule has 0 fully saturated rings. The Morgan fingerprint density at radius 1 is 0.426 bits per heavy atom. The first-order valence-electron chi connectivity index (χ1n) is 18.8. The van der Waals surface area contributed by atoms with Gasteiger partial charge in [0.15, 0.2) is 12.2 Å². The molecular formula is C48H48N2O4. The second kappa shape index (κ2) is 19.1. The van der Waals surface area contributed by atoms with Gasteiger partial charge in [-0.1, -0.05) is 159 Å². The number of carbonyl (C=O) groups excluding carboxylic acids is 2. The van der Waals surface area contributed by atoms with Gasteiger partial charge in [-0.15, -0.1) is 0 Å². The van der Waals surface area contributed by atoms with Gasteiger partial charge in [0.2, 0.25) is 0 Å². The van der Waals surface area contributed by atoms with Gasteiger partial charge in [0, 0.05) is 26.2 Å². The summed E-state index contributed by atoms with van der Waals surface area (Å²) in [7, 11) is 0. The third-order valence-electron chi connectivity index (χ3n) is 9.47. The van der Waals surface area contributed by atoms with Crippen LogP contribution in [0.3, 0.4) is 0 Å². The monoisotopic (exact) mass is 716 g/mol. The summed E-state index contributed by atoms with van der Waals surface area (Å²) in [5.41, 5.74) is 6.40. The summed E-state index contributed by atoms with van der Waals surface area (Å²) in [5, 5.41) is 0. The minimum atomic E-state index is -0.694. The van der Waals surface area contributed by atoms with Crippen LogP contribution in [0, 0.1) is 0 Å². The molecule has 0 spiro atoms. The number of carbonyl (C=O) groups is 2. The summed E-state index contributed by atoms with van der Waals surface area (Å²) in [4.78, 5) is 32.3. The van der Waals surface area contributed by atoms with Gasteiger partial charge in [0.1, 0.15) is 11.5 Å². The quantitative estimate of drug-likeness (QED) is 0.0943. The van der Waals surface area contributed by atoms with Crippen LogP contribution in [0.1, 0.15) is 37.8 Å². The van der Waals surface area contributed by atoms with Gasteiger partial charge >= 0.3 is 0 Å². The zero-order chi connectivity index (χ0) is 37.5. The van der Waals surface area contributed by atoms with Crippen LogP contribution in [-0.4, -0.2) is 46.9 Å². The smallest absolute Gasteiger partial charge is 0.263 e. The Kier molecular flexibility index (Phi) is 13.3. The molecule has 0 heterocycles. The predicted molar refractivity (Wildman–Crippen MR) is 217 cm³/mol. The van der Waals surface area contributed by atoms with Gasteiger partial charge in [-0.2, -0.15) is 0 Å². The van der Waals surface area contributed by atoms with Crippen molar-refractivity contribution in [2.24, 2.45) is 0 Å². The summed E-state index contributed by atoms with van der Waals surface area (Å²) in [6.07, 6.45) is -0.404. The summed E-state index contributed by atoms with van der Waals surface area (Å²) in [6, 6.07) is 55.9. The first-order chi connectivity index (χ1) is 26.5. The van der Waals surface area contributed by atoms with Crippen LogP contribution in [0.25, 0.3) is 22.3 Å². The molecule has 6 nitrogen and oxygen atoms in total. The van der Waals surface area contributed by atoms with Crippen molar-refractivity contribution in [1.82, 2.24) is 9.80 Å². The Bertz CT molecular complexity index is 1870. The van der Waals surface area contributed by atoms with Crippen molar-refractivity contribution in [2.75, 3.05) is 13.1 Å². The van der Waals surface area contributed by atoms with Gasteiger partial charge in [0.25, 0.3) is 11.8 Å². The van der Waals surface area contributed by atoms with Crippen LogP contribution >= 0.6 is 0 Å². The van der Waals surface area contributed by atoms with E-state index in [2.05, 4.69) is 24.3 Å². The standard InChI is InChI=1S/C48H48N2O4/c1-3-45(53-43-29-25-41(26-30-43)39-21-13-7-14-22-39)47(51)49(35-37-17-9-5-10-18-37)33-34-50(36-38-19-11-6-12-20-38)48(52)46(4-2)54-44-31-27-42(28-32-44)40-23-15-8-16-24-40/h5-32,45-46H,3-4,33-36H2,1-2H3. The highest BCUT2D eigenvalue weighted by Gasteiger charge is 2.29. The van der Waals surface area contributed by atoms with Crippen LogP contribution in [0.15, 0.2) is 170 Å². The van der Waals surface area contributed by atoms with Crippen LogP contribution in [0.4, 0.5) is 0 Å². The van der Waals surface area contributed by atoms with Crippen molar-refractivity contribution in [1.29, 1.82) is 0 Å². The minimum absolute atomic E-state index is 0.123. The Morgan fingerprint density at radius 3 is 1.04 bits per heavy atom. The van der Waals surface area contributed by atoms with E-state index in [0.717, 1.165) is 33.4 Å². The minimum Gasteiger partial charge on any atom is -0.481 e. The van der Waals surface area contributed by atoms with Crippen molar-refractivity contribution < 1.29 is 19.1 Å². The topological polar surface area (TPSA) is 59.1 Å². The zero-order valence-electron chi connectivity index (χ0n) is 31.1. The van der Waals surface area contributed by atoms with E-state index in [1.54, 1.807) is 0 Å². The third kappa shape index (κ3) is 10.3. The number of rotatable bonds is 17. The fraction of sp³-hybridized carbons (Fsp3) is 0.208. The van der Waals surface area contributed by atoms with E-state index >= 15 is 0 Å². The Morgan fingerprint density at radius 2 is 0.722 bits per heavy atom. The van der Waals surface area contributed by atoms with Crippen LogP contribution in [0.2, 0.25) is 0 Å². The lowest BCUT2D eigenvalue weighted by Gasteiger charge is -2.32. The molecule has 6 aromatic carbocycles. The average Bonchev–Trinajstić information content (AvgIpc) is 3.24. The van der Waals surface area contributed by atoms with Gasteiger partial charge in [-0.3, -0.25) is 9.59 Å². The number of hydrogen-bond acceptors (Lipinski definition) is 4. The molecule has 0 aliphatic heterocycles. The highest BCUT2D eigenvalue weighted by atomic mass is 16.5. The molecule has 0 aliphatic rings. The van der Waals surface area contributed by atoms with E-state index in [9.17, 15) is 9.59 Å². The maximum absolute atomic E-state index is 14.3. The molecule has 2 atom stereocenters. The number of amides is 2. The maximum atomic E-state index is 14.3. The summed E-state index contributed by atoms with van der Waals surface area (Å²) in [6.45, 7) is 5.34. The molecule has 6 rings (SSSR count). The fourth-order valence-electron chi connectivity index (χ4n) is 6.45.